The number of hydrogen-bond acceptors (Lipinski definition) is 5. The lowest BCUT2D eigenvalue weighted by atomic mass is 9.90. The zero-order valence-corrected chi connectivity index (χ0v) is 18.0. The standard InChI is InChI=1S/C27H24N4O2/c32-24(28-16-15-21-17-29-23-14-8-7-13-22(21)23)18-33-27-25(19-9-3-1-4-10-19)26(30-31-27)20-11-5-2-6-12-20/h1-17,22-23,25,29H,18H2,(H,28,32)/b16-15+. The fourth-order valence-corrected chi connectivity index (χ4v) is 4.17. The van der Waals surface area contributed by atoms with Gasteiger partial charge in [0.25, 0.3) is 5.91 Å². The van der Waals surface area contributed by atoms with E-state index >= 15 is 0 Å². The molecule has 0 saturated heterocycles. The van der Waals surface area contributed by atoms with Crippen molar-refractivity contribution >= 4 is 17.5 Å². The first-order chi connectivity index (χ1) is 16.3. The number of nitrogens with one attached hydrogen (secondary N) is 2. The molecule has 6 nitrogen and oxygen atoms in total. The van der Waals surface area contributed by atoms with Gasteiger partial charge in [-0.1, -0.05) is 85.0 Å². The molecule has 2 aromatic rings. The Bertz CT molecular complexity index is 1190. The zero-order valence-electron chi connectivity index (χ0n) is 18.0. The number of amides is 1. The Morgan fingerprint density at radius 3 is 2.58 bits per heavy atom. The number of fused-ring (bicyclic) bond motifs is 1. The molecule has 164 valence electrons. The summed E-state index contributed by atoms with van der Waals surface area (Å²) >= 11 is 0. The van der Waals surface area contributed by atoms with E-state index in [1.165, 1.54) is 0 Å². The third-order valence-electron chi connectivity index (χ3n) is 5.81. The van der Waals surface area contributed by atoms with Crippen molar-refractivity contribution in [3.05, 3.63) is 120 Å². The molecule has 5 rings (SSSR count). The highest BCUT2D eigenvalue weighted by Crippen LogP contribution is 2.29. The van der Waals surface area contributed by atoms with E-state index in [9.17, 15) is 4.79 Å². The van der Waals surface area contributed by atoms with E-state index in [1.54, 1.807) is 6.20 Å². The number of hydrogen-bond donors (Lipinski definition) is 2. The summed E-state index contributed by atoms with van der Waals surface area (Å²) < 4.78 is 5.83. The second-order valence-corrected chi connectivity index (χ2v) is 7.96. The average Bonchev–Trinajstić information content (AvgIpc) is 3.48. The van der Waals surface area contributed by atoms with Crippen molar-refractivity contribution in [1.29, 1.82) is 0 Å². The molecule has 2 aromatic carbocycles. The summed E-state index contributed by atoms with van der Waals surface area (Å²) in [5.74, 6) is 0.196. The Kier molecular flexibility index (Phi) is 5.97. The third-order valence-corrected chi connectivity index (χ3v) is 5.81. The first-order valence-electron chi connectivity index (χ1n) is 11.0. The normalized spacial score (nSPS) is 22.9. The lowest BCUT2D eigenvalue weighted by Gasteiger charge is -2.17. The molecule has 33 heavy (non-hydrogen) atoms. The van der Waals surface area contributed by atoms with Crippen molar-refractivity contribution in [2.45, 2.75) is 12.0 Å². The number of carbonyl (C=O) groups excluding carboxylic acids is 1. The molecule has 2 heterocycles. The van der Waals surface area contributed by atoms with Crippen molar-refractivity contribution in [1.82, 2.24) is 10.6 Å². The van der Waals surface area contributed by atoms with Gasteiger partial charge in [0, 0.05) is 18.3 Å². The Morgan fingerprint density at radius 2 is 1.76 bits per heavy atom. The molecule has 0 saturated carbocycles. The van der Waals surface area contributed by atoms with E-state index in [4.69, 9.17) is 4.74 Å². The number of ether oxygens (including phenoxy) is 1. The van der Waals surface area contributed by atoms with Crippen molar-refractivity contribution < 1.29 is 9.53 Å². The van der Waals surface area contributed by atoms with Gasteiger partial charge >= 0.3 is 0 Å². The molecule has 0 aromatic heterocycles. The van der Waals surface area contributed by atoms with Crippen LogP contribution in [0.3, 0.4) is 0 Å². The van der Waals surface area contributed by atoms with Crippen LogP contribution >= 0.6 is 0 Å². The highest BCUT2D eigenvalue weighted by molar-refractivity contribution is 6.19. The van der Waals surface area contributed by atoms with E-state index in [-0.39, 0.29) is 30.4 Å². The van der Waals surface area contributed by atoms with Gasteiger partial charge in [0.1, 0.15) is 5.92 Å². The van der Waals surface area contributed by atoms with Crippen LogP contribution in [0.4, 0.5) is 0 Å². The SMILES string of the molecule is O=C(COC1=NN=C(c2ccccc2)C1c1ccccc1)N/C=C/C1=CNC2C=CC=CC12. The molecule has 0 bridgehead atoms. The van der Waals surface area contributed by atoms with Gasteiger partial charge in [-0.05, 0) is 22.8 Å². The van der Waals surface area contributed by atoms with Crippen LogP contribution in [0.25, 0.3) is 0 Å². The molecule has 3 aliphatic rings. The predicted octanol–water partition coefficient (Wildman–Crippen LogP) is 3.83. The Hall–Kier alpha value is -4.19. The summed E-state index contributed by atoms with van der Waals surface area (Å²) in [4.78, 5) is 12.4. The van der Waals surface area contributed by atoms with Crippen LogP contribution in [0, 0.1) is 5.92 Å². The largest absolute Gasteiger partial charge is 0.469 e. The van der Waals surface area contributed by atoms with Crippen LogP contribution in [0.5, 0.6) is 0 Å². The van der Waals surface area contributed by atoms with Crippen LogP contribution in [0.2, 0.25) is 0 Å². The summed E-state index contributed by atoms with van der Waals surface area (Å²) in [5.41, 5.74) is 3.92. The third kappa shape index (κ3) is 4.55. The quantitative estimate of drug-likeness (QED) is 0.723. The molecule has 2 aliphatic heterocycles. The summed E-state index contributed by atoms with van der Waals surface area (Å²) in [5, 5.41) is 14.8. The molecule has 3 atom stereocenters. The van der Waals surface area contributed by atoms with Crippen LogP contribution in [-0.4, -0.2) is 30.2 Å². The van der Waals surface area contributed by atoms with Crippen molar-refractivity contribution in [2.75, 3.05) is 6.61 Å². The van der Waals surface area contributed by atoms with Gasteiger partial charge < -0.3 is 15.4 Å². The summed E-state index contributed by atoms with van der Waals surface area (Å²) in [6, 6.07) is 20.1. The van der Waals surface area contributed by atoms with Crippen LogP contribution in [0.15, 0.2) is 119 Å². The van der Waals surface area contributed by atoms with Crippen LogP contribution < -0.4 is 10.6 Å². The topological polar surface area (TPSA) is 75.1 Å². The Balaban J connectivity index is 1.20. The van der Waals surface area contributed by atoms with Gasteiger partial charge in [-0.15, -0.1) is 5.10 Å². The van der Waals surface area contributed by atoms with Gasteiger partial charge in [-0.3, -0.25) is 4.79 Å². The van der Waals surface area contributed by atoms with Crippen LogP contribution in [-0.2, 0) is 9.53 Å². The molecule has 0 radical (unpaired) electrons. The van der Waals surface area contributed by atoms with Gasteiger partial charge in [-0.25, -0.2) is 0 Å². The van der Waals surface area contributed by atoms with E-state index < -0.39 is 0 Å². The number of nitrogens with zero attached hydrogens (tertiary/aromatic N) is 2. The first kappa shape index (κ1) is 20.7. The van der Waals surface area contributed by atoms with Gasteiger partial charge in [0.2, 0.25) is 5.90 Å². The molecule has 3 unspecified atom stereocenters. The molecule has 1 amide bonds. The molecule has 6 heteroatoms. The number of allylic oxidation sites excluding steroid dienone is 3. The summed E-state index contributed by atoms with van der Waals surface area (Å²) in [6.07, 6.45) is 13.9. The van der Waals surface area contributed by atoms with Gasteiger partial charge in [0.05, 0.1) is 11.8 Å². The van der Waals surface area contributed by atoms with Gasteiger partial charge in [-0.2, -0.15) is 5.10 Å². The number of carbonyl (C=O) groups is 1. The molecular weight excluding hydrogens is 412 g/mol. The Morgan fingerprint density at radius 1 is 1.00 bits per heavy atom. The highest BCUT2D eigenvalue weighted by atomic mass is 16.5. The minimum absolute atomic E-state index is 0.143. The van der Waals surface area contributed by atoms with E-state index in [0.29, 0.717) is 5.90 Å². The number of benzene rings is 2. The van der Waals surface area contributed by atoms with E-state index in [0.717, 1.165) is 22.4 Å². The second-order valence-electron chi connectivity index (χ2n) is 7.96. The fourth-order valence-electron chi connectivity index (χ4n) is 4.17. The lowest BCUT2D eigenvalue weighted by Crippen LogP contribution is -2.28. The number of rotatable bonds is 6. The van der Waals surface area contributed by atoms with Crippen LogP contribution in [0.1, 0.15) is 17.0 Å². The smallest absolute Gasteiger partial charge is 0.261 e. The maximum atomic E-state index is 12.4. The monoisotopic (exact) mass is 436 g/mol. The molecule has 2 N–H and O–H groups in total. The molecule has 1 aliphatic carbocycles. The Labute approximate surface area is 192 Å². The maximum Gasteiger partial charge on any atom is 0.261 e. The lowest BCUT2D eigenvalue weighted by molar-refractivity contribution is -0.122. The van der Waals surface area contributed by atoms with Crippen molar-refractivity contribution in [3.63, 3.8) is 0 Å². The fraction of sp³-hybridized carbons (Fsp3) is 0.148. The first-order valence-corrected chi connectivity index (χ1v) is 11.0. The van der Waals surface area contributed by atoms with E-state index in [1.807, 2.05) is 85.1 Å². The minimum atomic E-state index is -0.255. The van der Waals surface area contributed by atoms with Gasteiger partial charge in [0.15, 0.2) is 6.61 Å². The summed E-state index contributed by atoms with van der Waals surface area (Å²) in [6.45, 7) is -0.143. The van der Waals surface area contributed by atoms with Crippen molar-refractivity contribution in [3.8, 4) is 0 Å². The predicted molar refractivity (Wildman–Crippen MR) is 130 cm³/mol. The molecule has 0 spiro atoms. The zero-order chi connectivity index (χ0) is 22.5. The van der Waals surface area contributed by atoms with E-state index in [2.05, 4.69) is 33.0 Å². The van der Waals surface area contributed by atoms with Crippen molar-refractivity contribution in [2.24, 2.45) is 16.1 Å². The average molecular weight is 437 g/mol. The molecule has 0 fully saturated rings. The highest BCUT2D eigenvalue weighted by Gasteiger charge is 2.32. The maximum absolute atomic E-state index is 12.4. The summed E-state index contributed by atoms with van der Waals surface area (Å²) in [7, 11) is 0. The molecular formula is C27H24N4O2. The second kappa shape index (κ2) is 9.53. The minimum Gasteiger partial charge on any atom is -0.469 e.